The van der Waals surface area contributed by atoms with Crippen LogP contribution in [0.4, 0.5) is 5.69 Å². The molecule has 0 radical (unpaired) electrons. The average molecular weight is 382 g/mol. The van der Waals surface area contributed by atoms with E-state index in [9.17, 15) is 19.8 Å². The smallest absolute Gasteiger partial charge is 0.211 e. The summed E-state index contributed by atoms with van der Waals surface area (Å²) in [5.41, 5.74) is -2.78. The SMILES string of the molecule is O=C1CCCC2=C1[C@]1(O)C(=O)c3ccccc3[C@]1(O)N2c1ccc(Cl)cc1. The molecule has 2 aromatic carbocycles. The molecule has 0 aromatic heterocycles. The highest BCUT2D eigenvalue weighted by Gasteiger charge is 2.73. The van der Waals surface area contributed by atoms with Crippen molar-refractivity contribution in [3.8, 4) is 0 Å². The molecule has 0 amide bonds. The minimum atomic E-state index is -2.32. The van der Waals surface area contributed by atoms with Gasteiger partial charge in [-0.3, -0.25) is 9.59 Å². The maximum atomic E-state index is 13.2. The molecule has 2 atom stereocenters. The highest BCUT2D eigenvalue weighted by molar-refractivity contribution is 6.30. The minimum absolute atomic E-state index is 0.0207. The van der Waals surface area contributed by atoms with Crippen LogP contribution in [0, 0.1) is 0 Å². The Bertz CT molecular complexity index is 1040. The summed E-state index contributed by atoms with van der Waals surface area (Å²) in [6.07, 6.45) is 1.34. The normalized spacial score (nSPS) is 29.1. The molecule has 0 bridgehead atoms. The third kappa shape index (κ3) is 1.81. The van der Waals surface area contributed by atoms with Gasteiger partial charge in [-0.15, -0.1) is 0 Å². The lowest BCUT2D eigenvalue weighted by Crippen LogP contribution is -2.58. The van der Waals surface area contributed by atoms with E-state index in [0.29, 0.717) is 34.8 Å². The molecule has 1 heterocycles. The Kier molecular flexibility index (Phi) is 3.27. The topological polar surface area (TPSA) is 77.8 Å². The van der Waals surface area contributed by atoms with E-state index in [1.165, 1.54) is 0 Å². The van der Waals surface area contributed by atoms with Gasteiger partial charge in [0, 0.05) is 34.0 Å². The Hall–Kier alpha value is -2.47. The minimum Gasteiger partial charge on any atom is -0.372 e. The van der Waals surface area contributed by atoms with Gasteiger partial charge in [0.15, 0.2) is 5.78 Å². The van der Waals surface area contributed by atoms with Gasteiger partial charge in [0.2, 0.25) is 17.1 Å². The first-order valence-electron chi connectivity index (χ1n) is 8.82. The zero-order valence-electron chi connectivity index (χ0n) is 14.3. The summed E-state index contributed by atoms with van der Waals surface area (Å²) in [5.74, 6) is -0.936. The lowest BCUT2D eigenvalue weighted by atomic mass is 9.80. The first-order valence-corrected chi connectivity index (χ1v) is 9.20. The van der Waals surface area contributed by atoms with Gasteiger partial charge in [0.05, 0.1) is 5.57 Å². The summed E-state index contributed by atoms with van der Waals surface area (Å²) in [6, 6.07) is 13.3. The molecule has 0 unspecified atom stereocenters. The van der Waals surface area contributed by atoms with Gasteiger partial charge in [-0.2, -0.15) is 0 Å². The number of anilines is 1. The van der Waals surface area contributed by atoms with Crippen molar-refractivity contribution in [2.75, 3.05) is 4.90 Å². The first-order chi connectivity index (χ1) is 12.9. The molecule has 1 aliphatic heterocycles. The fourth-order valence-electron chi connectivity index (χ4n) is 4.69. The van der Waals surface area contributed by atoms with E-state index in [4.69, 9.17) is 11.6 Å². The Morgan fingerprint density at radius 2 is 1.67 bits per heavy atom. The third-order valence-corrected chi connectivity index (χ3v) is 6.06. The summed E-state index contributed by atoms with van der Waals surface area (Å²) >= 11 is 6.01. The van der Waals surface area contributed by atoms with Gasteiger partial charge >= 0.3 is 0 Å². The van der Waals surface area contributed by atoms with Gasteiger partial charge in [0.25, 0.3) is 0 Å². The summed E-state index contributed by atoms with van der Waals surface area (Å²) in [5, 5.41) is 24.0. The van der Waals surface area contributed by atoms with Crippen molar-refractivity contribution >= 4 is 28.9 Å². The van der Waals surface area contributed by atoms with E-state index in [1.54, 1.807) is 53.4 Å². The van der Waals surface area contributed by atoms with Crippen LogP contribution < -0.4 is 4.90 Å². The van der Waals surface area contributed by atoms with Crippen molar-refractivity contribution < 1.29 is 19.8 Å². The molecular weight excluding hydrogens is 366 g/mol. The summed E-state index contributed by atoms with van der Waals surface area (Å²) in [6.45, 7) is 0. The summed E-state index contributed by atoms with van der Waals surface area (Å²) in [7, 11) is 0. The van der Waals surface area contributed by atoms with E-state index in [-0.39, 0.29) is 23.3 Å². The summed E-state index contributed by atoms with van der Waals surface area (Å²) in [4.78, 5) is 27.5. The molecule has 0 fully saturated rings. The van der Waals surface area contributed by atoms with Gasteiger partial charge in [0.1, 0.15) is 0 Å². The second kappa shape index (κ2) is 5.29. The van der Waals surface area contributed by atoms with Crippen molar-refractivity contribution in [3.05, 3.63) is 76.0 Å². The Balaban J connectivity index is 1.86. The number of rotatable bonds is 1. The number of hydrogen-bond donors (Lipinski definition) is 2. The average Bonchev–Trinajstić information content (AvgIpc) is 2.98. The second-order valence-electron chi connectivity index (χ2n) is 7.17. The third-order valence-electron chi connectivity index (χ3n) is 5.81. The zero-order valence-corrected chi connectivity index (χ0v) is 15.0. The molecule has 3 aliphatic rings. The first kappa shape index (κ1) is 16.7. The predicted octanol–water partition coefficient (Wildman–Crippen LogP) is 2.94. The molecule has 27 heavy (non-hydrogen) atoms. The van der Waals surface area contributed by atoms with Crippen molar-refractivity contribution in [2.45, 2.75) is 30.6 Å². The number of Topliss-reactive ketones (excluding diaryl/α,β-unsaturated/α-hetero) is 2. The van der Waals surface area contributed by atoms with Crippen LogP contribution in [-0.4, -0.2) is 27.4 Å². The number of hydrogen-bond acceptors (Lipinski definition) is 5. The lowest BCUT2D eigenvalue weighted by molar-refractivity contribution is -0.123. The molecule has 2 N–H and O–H groups in total. The number of carbonyl (C=O) groups excluding carboxylic acids is 2. The van der Waals surface area contributed by atoms with Crippen LogP contribution in [0.5, 0.6) is 0 Å². The van der Waals surface area contributed by atoms with E-state index >= 15 is 0 Å². The molecule has 2 aliphatic carbocycles. The molecule has 6 heteroatoms. The molecule has 2 aromatic rings. The number of benzene rings is 2. The van der Waals surface area contributed by atoms with Gasteiger partial charge < -0.3 is 15.1 Å². The molecule has 5 rings (SSSR count). The number of fused-ring (bicyclic) bond motifs is 4. The Labute approximate surface area is 160 Å². The molecule has 5 nitrogen and oxygen atoms in total. The fourth-order valence-corrected chi connectivity index (χ4v) is 4.82. The molecule has 136 valence electrons. The van der Waals surface area contributed by atoms with Crippen molar-refractivity contribution in [1.29, 1.82) is 0 Å². The predicted molar refractivity (Wildman–Crippen MR) is 99.4 cm³/mol. The van der Waals surface area contributed by atoms with Crippen molar-refractivity contribution in [1.82, 2.24) is 0 Å². The second-order valence-corrected chi connectivity index (χ2v) is 7.60. The van der Waals surface area contributed by atoms with E-state index in [1.807, 2.05) is 0 Å². The largest absolute Gasteiger partial charge is 0.372 e. The zero-order chi connectivity index (χ0) is 19.0. The number of halogens is 1. The standard InChI is InChI=1S/C21H16ClNO4/c22-12-8-10-13(11-9-12)23-16-6-3-7-17(24)18(16)20(26)19(25)14-4-1-2-5-15(14)21(20,23)27/h1-2,4-5,8-11,26-27H,3,6-7H2/t20-,21+/m0/s1. The monoisotopic (exact) mass is 381 g/mol. The molecule has 0 saturated carbocycles. The van der Waals surface area contributed by atoms with Crippen molar-refractivity contribution in [3.63, 3.8) is 0 Å². The summed E-state index contributed by atoms with van der Waals surface area (Å²) < 4.78 is 0. The fraction of sp³-hybridized carbons (Fsp3) is 0.238. The quantitative estimate of drug-likeness (QED) is 0.794. The van der Waals surface area contributed by atoms with Crippen LogP contribution in [0.3, 0.4) is 0 Å². The van der Waals surface area contributed by atoms with Crippen LogP contribution >= 0.6 is 11.6 Å². The highest BCUT2D eigenvalue weighted by atomic mass is 35.5. The van der Waals surface area contributed by atoms with Crippen LogP contribution in [0.1, 0.15) is 35.2 Å². The van der Waals surface area contributed by atoms with E-state index < -0.39 is 17.1 Å². The maximum absolute atomic E-state index is 13.2. The lowest BCUT2D eigenvalue weighted by Gasteiger charge is -2.40. The number of allylic oxidation sites excluding steroid dienone is 1. The number of carbonyl (C=O) groups is 2. The van der Waals surface area contributed by atoms with Gasteiger partial charge in [-0.1, -0.05) is 35.9 Å². The van der Waals surface area contributed by atoms with E-state index in [0.717, 1.165) is 0 Å². The highest BCUT2D eigenvalue weighted by Crippen LogP contribution is 2.59. The maximum Gasteiger partial charge on any atom is 0.211 e. The Morgan fingerprint density at radius 1 is 0.963 bits per heavy atom. The Morgan fingerprint density at radius 3 is 2.41 bits per heavy atom. The molecule has 0 spiro atoms. The van der Waals surface area contributed by atoms with Crippen molar-refractivity contribution in [2.24, 2.45) is 0 Å². The number of ketones is 2. The van der Waals surface area contributed by atoms with Crippen LogP contribution in [0.25, 0.3) is 0 Å². The van der Waals surface area contributed by atoms with Gasteiger partial charge in [-0.05, 0) is 37.1 Å². The van der Waals surface area contributed by atoms with Crippen LogP contribution in [0.15, 0.2) is 59.8 Å². The molecular formula is C21H16ClNO4. The van der Waals surface area contributed by atoms with Crippen LogP contribution in [-0.2, 0) is 10.5 Å². The number of aliphatic hydroxyl groups is 2. The van der Waals surface area contributed by atoms with Gasteiger partial charge in [-0.25, -0.2) is 0 Å². The molecule has 0 saturated heterocycles. The van der Waals surface area contributed by atoms with E-state index in [2.05, 4.69) is 0 Å². The number of nitrogens with zero attached hydrogens (tertiary/aromatic N) is 1. The van der Waals surface area contributed by atoms with Crippen LogP contribution in [0.2, 0.25) is 5.02 Å².